The summed E-state index contributed by atoms with van der Waals surface area (Å²) in [7, 11) is 0. The van der Waals surface area contributed by atoms with Crippen LogP contribution in [-0.4, -0.2) is 15.9 Å². The molecule has 20 heavy (non-hydrogen) atoms. The smallest absolute Gasteiger partial charge is 0.222 e. The summed E-state index contributed by atoms with van der Waals surface area (Å²) >= 11 is 1.27. The number of carbonyl (C=O) groups excluding carboxylic acids is 1. The Kier molecular flexibility index (Phi) is 4.04. The summed E-state index contributed by atoms with van der Waals surface area (Å²) in [6.45, 7) is 5.63. The normalized spacial score (nSPS) is 12.4. The molecule has 0 unspecified atom stereocenters. The van der Waals surface area contributed by atoms with Crippen LogP contribution in [0.5, 0.6) is 5.88 Å². The van der Waals surface area contributed by atoms with Crippen molar-refractivity contribution in [3.63, 3.8) is 0 Å². The first-order chi connectivity index (χ1) is 9.38. The maximum absolute atomic E-state index is 12.6. The highest BCUT2D eigenvalue weighted by atomic mass is 32.1. The van der Waals surface area contributed by atoms with E-state index in [0.717, 1.165) is 5.56 Å². The molecule has 0 bridgehead atoms. The van der Waals surface area contributed by atoms with E-state index >= 15 is 0 Å². The van der Waals surface area contributed by atoms with Gasteiger partial charge < -0.3 is 5.11 Å². The molecule has 3 nitrogen and oxygen atoms in total. The van der Waals surface area contributed by atoms with Crippen molar-refractivity contribution >= 4 is 28.8 Å². The summed E-state index contributed by atoms with van der Waals surface area (Å²) in [5.74, 6) is -0.0404. The quantitative estimate of drug-likeness (QED) is 0.868. The minimum Gasteiger partial charge on any atom is -0.493 e. The predicted molar refractivity (Wildman–Crippen MR) is 82.6 cm³/mol. The van der Waals surface area contributed by atoms with E-state index in [1.165, 1.54) is 16.7 Å². The average molecular weight is 287 g/mol. The molecule has 0 saturated heterocycles. The first-order valence-electron chi connectivity index (χ1n) is 6.34. The SMILES string of the molecule is CC(C)(C)C(=O)/C(=C\c1ccccc1)c1nc(O)cs1. The number of Topliss-reactive ketones (excluding diaryl/α,β-unsaturated/α-hetero) is 1. The predicted octanol–water partition coefficient (Wildman–Crippen LogP) is 4.00. The highest BCUT2D eigenvalue weighted by Gasteiger charge is 2.27. The third kappa shape index (κ3) is 3.33. The molecule has 0 fully saturated rings. The summed E-state index contributed by atoms with van der Waals surface area (Å²) in [5, 5.41) is 11.5. The van der Waals surface area contributed by atoms with Gasteiger partial charge in [-0.1, -0.05) is 51.1 Å². The zero-order chi connectivity index (χ0) is 14.8. The van der Waals surface area contributed by atoms with Crippen LogP contribution in [0.25, 0.3) is 11.6 Å². The Morgan fingerprint density at radius 3 is 2.40 bits per heavy atom. The number of ketones is 1. The third-order valence-electron chi connectivity index (χ3n) is 2.76. The average Bonchev–Trinajstić information content (AvgIpc) is 2.82. The molecule has 4 heteroatoms. The van der Waals surface area contributed by atoms with Crippen LogP contribution < -0.4 is 0 Å². The third-order valence-corrected chi connectivity index (χ3v) is 3.62. The van der Waals surface area contributed by atoms with Crippen molar-refractivity contribution in [3.8, 4) is 5.88 Å². The lowest BCUT2D eigenvalue weighted by molar-refractivity contribution is -0.120. The van der Waals surface area contributed by atoms with Crippen LogP contribution in [0, 0.1) is 5.41 Å². The highest BCUT2D eigenvalue weighted by molar-refractivity contribution is 7.11. The van der Waals surface area contributed by atoms with Crippen molar-refractivity contribution in [2.45, 2.75) is 20.8 Å². The number of hydrogen-bond acceptors (Lipinski definition) is 4. The lowest BCUT2D eigenvalue weighted by Crippen LogP contribution is -2.21. The molecule has 0 amide bonds. The monoisotopic (exact) mass is 287 g/mol. The van der Waals surface area contributed by atoms with E-state index in [9.17, 15) is 9.90 Å². The molecule has 1 heterocycles. The molecule has 0 aliphatic carbocycles. The molecule has 0 aliphatic heterocycles. The second-order valence-corrected chi connectivity index (χ2v) is 6.42. The topological polar surface area (TPSA) is 50.2 Å². The summed E-state index contributed by atoms with van der Waals surface area (Å²) in [4.78, 5) is 16.6. The zero-order valence-electron chi connectivity index (χ0n) is 11.8. The van der Waals surface area contributed by atoms with E-state index in [4.69, 9.17) is 0 Å². The number of rotatable bonds is 3. The lowest BCUT2D eigenvalue weighted by Gasteiger charge is -2.17. The second-order valence-electron chi connectivity index (χ2n) is 5.56. The molecular weight excluding hydrogens is 270 g/mol. The summed E-state index contributed by atoms with van der Waals surface area (Å²) < 4.78 is 0. The van der Waals surface area contributed by atoms with Gasteiger partial charge in [0.1, 0.15) is 5.01 Å². The number of aromatic nitrogens is 1. The van der Waals surface area contributed by atoms with Crippen LogP contribution in [-0.2, 0) is 4.79 Å². The van der Waals surface area contributed by atoms with Crippen molar-refractivity contribution in [1.29, 1.82) is 0 Å². The molecule has 0 spiro atoms. The maximum atomic E-state index is 12.6. The van der Waals surface area contributed by atoms with Gasteiger partial charge in [0, 0.05) is 5.41 Å². The van der Waals surface area contributed by atoms with Crippen LogP contribution >= 0.6 is 11.3 Å². The molecule has 0 aliphatic rings. The summed E-state index contributed by atoms with van der Waals surface area (Å²) in [6.07, 6.45) is 1.83. The first kappa shape index (κ1) is 14.5. The van der Waals surface area contributed by atoms with Crippen LogP contribution in [0.15, 0.2) is 35.7 Å². The summed E-state index contributed by atoms with van der Waals surface area (Å²) in [6, 6.07) is 9.64. The molecule has 0 atom stereocenters. The van der Waals surface area contributed by atoms with Crippen LogP contribution in [0.2, 0.25) is 0 Å². The fourth-order valence-electron chi connectivity index (χ4n) is 1.73. The number of nitrogens with zero attached hydrogens (tertiary/aromatic N) is 1. The Hall–Kier alpha value is -1.94. The minimum atomic E-state index is -0.498. The van der Waals surface area contributed by atoms with Gasteiger partial charge in [-0.05, 0) is 11.6 Å². The van der Waals surface area contributed by atoms with E-state index in [0.29, 0.717) is 10.6 Å². The number of thiazole rings is 1. The van der Waals surface area contributed by atoms with E-state index in [1.54, 1.807) is 0 Å². The number of hydrogen-bond donors (Lipinski definition) is 1. The van der Waals surface area contributed by atoms with Crippen LogP contribution in [0.1, 0.15) is 31.3 Å². The molecular formula is C16H17NO2S. The number of aromatic hydroxyl groups is 1. The number of carbonyl (C=O) groups is 1. The van der Waals surface area contributed by atoms with Gasteiger partial charge in [-0.3, -0.25) is 4.79 Å². The van der Waals surface area contributed by atoms with Crippen molar-refractivity contribution in [3.05, 3.63) is 46.3 Å². The van der Waals surface area contributed by atoms with Gasteiger partial charge in [-0.2, -0.15) is 0 Å². The van der Waals surface area contributed by atoms with Gasteiger partial charge in [-0.25, -0.2) is 4.98 Å². The van der Waals surface area contributed by atoms with Crippen molar-refractivity contribution in [2.75, 3.05) is 0 Å². The molecule has 2 rings (SSSR count). The molecule has 1 N–H and O–H groups in total. The van der Waals surface area contributed by atoms with Gasteiger partial charge >= 0.3 is 0 Å². The molecule has 2 aromatic rings. The number of benzene rings is 1. The Balaban J connectivity index is 2.50. The van der Waals surface area contributed by atoms with E-state index in [2.05, 4.69) is 4.98 Å². The maximum Gasteiger partial charge on any atom is 0.222 e. The largest absolute Gasteiger partial charge is 0.493 e. The molecule has 1 aromatic heterocycles. The van der Waals surface area contributed by atoms with E-state index in [1.807, 2.05) is 57.2 Å². The van der Waals surface area contributed by atoms with Crippen molar-refractivity contribution in [2.24, 2.45) is 5.41 Å². The van der Waals surface area contributed by atoms with Crippen LogP contribution in [0.3, 0.4) is 0 Å². The molecule has 104 valence electrons. The zero-order valence-corrected chi connectivity index (χ0v) is 12.6. The minimum absolute atomic E-state index is 0.00991. The van der Waals surface area contributed by atoms with E-state index < -0.39 is 5.41 Å². The van der Waals surface area contributed by atoms with E-state index in [-0.39, 0.29) is 11.7 Å². The Morgan fingerprint density at radius 1 is 1.25 bits per heavy atom. The van der Waals surface area contributed by atoms with Gasteiger partial charge in [-0.15, -0.1) is 11.3 Å². The van der Waals surface area contributed by atoms with Gasteiger partial charge in [0.15, 0.2) is 5.78 Å². The van der Waals surface area contributed by atoms with Crippen molar-refractivity contribution < 1.29 is 9.90 Å². The second kappa shape index (κ2) is 5.59. The molecule has 1 aromatic carbocycles. The fraction of sp³-hybridized carbons (Fsp3) is 0.250. The fourth-order valence-corrected chi connectivity index (χ4v) is 2.43. The Bertz CT molecular complexity index is 636. The Labute approximate surface area is 122 Å². The first-order valence-corrected chi connectivity index (χ1v) is 7.22. The number of allylic oxidation sites excluding steroid dienone is 1. The molecule has 0 radical (unpaired) electrons. The van der Waals surface area contributed by atoms with Gasteiger partial charge in [0.25, 0.3) is 0 Å². The molecule has 0 saturated carbocycles. The Morgan fingerprint density at radius 2 is 1.90 bits per heavy atom. The van der Waals surface area contributed by atoms with Crippen molar-refractivity contribution in [1.82, 2.24) is 4.98 Å². The highest BCUT2D eigenvalue weighted by Crippen LogP contribution is 2.31. The lowest BCUT2D eigenvalue weighted by atomic mass is 9.86. The summed E-state index contributed by atoms with van der Waals surface area (Å²) in [5.41, 5.74) is 0.978. The van der Waals surface area contributed by atoms with Gasteiger partial charge in [0.2, 0.25) is 5.88 Å². The van der Waals surface area contributed by atoms with Gasteiger partial charge in [0.05, 0.1) is 11.0 Å². The standard InChI is InChI=1S/C16H17NO2S/c1-16(2,3)14(19)12(15-17-13(18)10-20-15)9-11-7-5-4-6-8-11/h4-10,18H,1-3H3/b12-9+. The van der Waals surface area contributed by atoms with Crippen LogP contribution in [0.4, 0.5) is 0 Å².